The van der Waals surface area contributed by atoms with E-state index in [1.165, 1.54) is 0 Å². The standard InChI is InChI=1S/C26H25NO4/c1-16(2)17-11-13-18(14-12-17)24(25(28)29)27-26(30)31-15-23-21-9-5-3-7-19(21)20-8-4-6-10-22(20)23/h3-14,16,23-24H,15H2,1-2H3,(H,27,30)(H,28,29). The first-order valence-electron chi connectivity index (χ1n) is 10.4. The fraction of sp³-hybridized carbons (Fsp3) is 0.231. The number of alkyl carbamates (subject to hydrolysis) is 1. The second-order valence-corrected chi connectivity index (χ2v) is 8.06. The highest BCUT2D eigenvalue weighted by Gasteiger charge is 2.30. The van der Waals surface area contributed by atoms with Crippen LogP contribution in [-0.2, 0) is 9.53 Å². The Morgan fingerprint density at radius 2 is 1.39 bits per heavy atom. The molecular formula is C26H25NO4. The predicted octanol–water partition coefficient (Wildman–Crippen LogP) is 5.47. The Hall–Kier alpha value is -3.60. The lowest BCUT2D eigenvalue weighted by molar-refractivity contribution is -0.139. The second kappa shape index (κ2) is 8.64. The number of hydrogen-bond donors (Lipinski definition) is 2. The van der Waals surface area contributed by atoms with Crippen LogP contribution in [0.2, 0.25) is 0 Å². The van der Waals surface area contributed by atoms with Crippen LogP contribution in [0.1, 0.15) is 54.0 Å². The molecule has 1 amide bonds. The number of rotatable bonds is 6. The summed E-state index contributed by atoms with van der Waals surface area (Å²) in [5, 5.41) is 12.1. The van der Waals surface area contributed by atoms with Gasteiger partial charge in [0.25, 0.3) is 0 Å². The zero-order valence-corrected chi connectivity index (χ0v) is 17.5. The van der Waals surface area contributed by atoms with E-state index in [9.17, 15) is 14.7 Å². The van der Waals surface area contributed by atoms with Crippen LogP contribution in [0.15, 0.2) is 72.8 Å². The third-order valence-electron chi connectivity index (χ3n) is 5.79. The van der Waals surface area contributed by atoms with Gasteiger partial charge in [-0.25, -0.2) is 9.59 Å². The number of hydrogen-bond acceptors (Lipinski definition) is 3. The van der Waals surface area contributed by atoms with E-state index in [0.717, 1.165) is 27.8 Å². The summed E-state index contributed by atoms with van der Waals surface area (Å²) in [5.41, 5.74) is 6.10. The Labute approximate surface area is 181 Å². The van der Waals surface area contributed by atoms with E-state index in [1.807, 2.05) is 48.5 Å². The van der Waals surface area contributed by atoms with Crippen molar-refractivity contribution < 1.29 is 19.4 Å². The third-order valence-corrected chi connectivity index (χ3v) is 5.79. The Morgan fingerprint density at radius 1 is 0.871 bits per heavy atom. The lowest BCUT2D eigenvalue weighted by Crippen LogP contribution is -2.34. The van der Waals surface area contributed by atoms with Gasteiger partial charge in [-0.2, -0.15) is 0 Å². The van der Waals surface area contributed by atoms with Gasteiger partial charge in [0.2, 0.25) is 0 Å². The van der Waals surface area contributed by atoms with Crippen molar-refractivity contribution in [2.75, 3.05) is 6.61 Å². The van der Waals surface area contributed by atoms with Crippen molar-refractivity contribution in [1.82, 2.24) is 5.32 Å². The van der Waals surface area contributed by atoms with Crippen LogP contribution in [0, 0.1) is 0 Å². The van der Waals surface area contributed by atoms with Gasteiger partial charge in [-0.3, -0.25) is 0 Å². The smallest absolute Gasteiger partial charge is 0.408 e. The Balaban J connectivity index is 1.46. The summed E-state index contributed by atoms with van der Waals surface area (Å²) in [6, 6.07) is 22.2. The molecule has 1 unspecified atom stereocenters. The van der Waals surface area contributed by atoms with E-state index in [-0.39, 0.29) is 12.5 Å². The summed E-state index contributed by atoms with van der Waals surface area (Å²) < 4.78 is 5.49. The van der Waals surface area contributed by atoms with Gasteiger partial charge in [0.1, 0.15) is 6.61 Å². The lowest BCUT2D eigenvalue weighted by Gasteiger charge is -2.18. The largest absolute Gasteiger partial charge is 0.479 e. The number of amides is 1. The number of carboxylic acid groups (broad SMARTS) is 1. The Morgan fingerprint density at radius 3 is 1.90 bits per heavy atom. The zero-order valence-electron chi connectivity index (χ0n) is 17.5. The number of nitrogens with one attached hydrogen (secondary N) is 1. The zero-order chi connectivity index (χ0) is 22.0. The first-order valence-corrected chi connectivity index (χ1v) is 10.4. The molecule has 0 saturated carbocycles. The molecule has 5 heteroatoms. The highest BCUT2D eigenvalue weighted by Crippen LogP contribution is 2.44. The first kappa shape index (κ1) is 20.7. The summed E-state index contributed by atoms with van der Waals surface area (Å²) >= 11 is 0. The van der Waals surface area contributed by atoms with Gasteiger partial charge in [-0.05, 0) is 39.3 Å². The van der Waals surface area contributed by atoms with Crippen LogP contribution in [0.3, 0.4) is 0 Å². The number of carboxylic acids is 1. The molecule has 0 saturated heterocycles. The van der Waals surface area contributed by atoms with Crippen molar-refractivity contribution >= 4 is 12.1 Å². The molecule has 4 rings (SSSR count). The number of aliphatic carboxylic acids is 1. The molecule has 2 N–H and O–H groups in total. The summed E-state index contributed by atoms with van der Waals surface area (Å²) in [5.74, 6) is -0.870. The van der Waals surface area contributed by atoms with E-state index in [1.54, 1.807) is 12.1 Å². The van der Waals surface area contributed by atoms with E-state index in [4.69, 9.17) is 4.74 Å². The quantitative estimate of drug-likeness (QED) is 0.559. The van der Waals surface area contributed by atoms with Gasteiger partial charge in [0, 0.05) is 5.92 Å². The van der Waals surface area contributed by atoms with Crippen molar-refractivity contribution in [2.45, 2.75) is 31.7 Å². The minimum Gasteiger partial charge on any atom is -0.479 e. The van der Waals surface area contributed by atoms with Crippen molar-refractivity contribution in [1.29, 1.82) is 0 Å². The number of fused-ring (bicyclic) bond motifs is 3. The van der Waals surface area contributed by atoms with Crippen LogP contribution < -0.4 is 5.32 Å². The normalized spacial score (nSPS) is 13.4. The predicted molar refractivity (Wildman–Crippen MR) is 119 cm³/mol. The molecule has 0 heterocycles. The average molecular weight is 415 g/mol. The third kappa shape index (κ3) is 4.17. The molecule has 0 fully saturated rings. The second-order valence-electron chi connectivity index (χ2n) is 8.06. The fourth-order valence-electron chi connectivity index (χ4n) is 4.12. The van der Waals surface area contributed by atoms with Gasteiger partial charge in [0.15, 0.2) is 6.04 Å². The van der Waals surface area contributed by atoms with Crippen LogP contribution in [0.4, 0.5) is 4.79 Å². The first-order chi connectivity index (χ1) is 15.0. The fourth-order valence-corrected chi connectivity index (χ4v) is 4.12. The molecule has 1 aliphatic carbocycles. The van der Waals surface area contributed by atoms with Gasteiger partial charge >= 0.3 is 12.1 Å². The van der Waals surface area contributed by atoms with Crippen molar-refractivity contribution in [3.8, 4) is 11.1 Å². The molecule has 5 nitrogen and oxygen atoms in total. The number of ether oxygens (including phenoxy) is 1. The van der Waals surface area contributed by atoms with Crippen molar-refractivity contribution in [3.63, 3.8) is 0 Å². The highest BCUT2D eigenvalue weighted by atomic mass is 16.5. The maximum atomic E-state index is 12.5. The molecular weight excluding hydrogens is 390 g/mol. The van der Waals surface area contributed by atoms with Gasteiger partial charge in [-0.15, -0.1) is 0 Å². The van der Waals surface area contributed by atoms with Gasteiger partial charge in [-0.1, -0.05) is 86.6 Å². The van der Waals surface area contributed by atoms with Crippen molar-refractivity contribution in [3.05, 3.63) is 95.1 Å². The number of benzene rings is 3. The maximum Gasteiger partial charge on any atom is 0.408 e. The van der Waals surface area contributed by atoms with E-state index >= 15 is 0 Å². The van der Waals surface area contributed by atoms with E-state index < -0.39 is 18.1 Å². The molecule has 158 valence electrons. The van der Waals surface area contributed by atoms with Crippen LogP contribution in [-0.4, -0.2) is 23.8 Å². The summed E-state index contributed by atoms with van der Waals surface area (Å²) in [6.45, 7) is 4.27. The summed E-state index contributed by atoms with van der Waals surface area (Å²) in [6.07, 6.45) is -0.748. The van der Waals surface area contributed by atoms with Crippen LogP contribution in [0.25, 0.3) is 11.1 Å². The molecule has 0 bridgehead atoms. The highest BCUT2D eigenvalue weighted by molar-refractivity contribution is 5.82. The molecule has 1 aliphatic rings. The summed E-state index contributed by atoms with van der Waals surface area (Å²) in [7, 11) is 0. The number of carbonyl (C=O) groups excluding carboxylic acids is 1. The molecule has 0 spiro atoms. The molecule has 3 aromatic carbocycles. The van der Waals surface area contributed by atoms with Crippen LogP contribution in [0.5, 0.6) is 0 Å². The minimum absolute atomic E-state index is 0.0771. The molecule has 1 atom stereocenters. The molecule has 31 heavy (non-hydrogen) atoms. The Bertz CT molecular complexity index is 1060. The SMILES string of the molecule is CC(C)c1ccc(C(NC(=O)OCC2c3ccccc3-c3ccccc32)C(=O)O)cc1. The summed E-state index contributed by atoms with van der Waals surface area (Å²) in [4.78, 5) is 24.3. The maximum absolute atomic E-state index is 12.5. The molecule has 0 aliphatic heterocycles. The minimum atomic E-state index is -1.17. The van der Waals surface area contributed by atoms with Gasteiger partial charge < -0.3 is 15.2 Å². The topological polar surface area (TPSA) is 75.6 Å². The monoisotopic (exact) mass is 415 g/mol. The number of carbonyl (C=O) groups is 2. The molecule has 0 radical (unpaired) electrons. The molecule has 3 aromatic rings. The van der Waals surface area contributed by atoms with E-state index in [0.29, 0.717) is 11.5 Å². The Kier molecular flexibility index (Phi) is 5.76. The van der Waals surface area contributed by atoms with Crippen molar-refractivity contribution in [2.24, 2.45) is 0 Å². The van der Waals surface area contributed by atoms with Crippen LogP contribution >= 0.6 is 0 Å². The van der Waals surface area contributed by atoms with E-state index in [2.05, 4.69) is 31.3 Å². The lowest BCUT2D eigenvalue weighted by atomic mass is 9.98. The van der Waals surface area contributed by atoms with Gasteiger partial charge in [0.05, 0.1) is 0 Å². The average Bonchev–Trinajstić information content (AvgIpc) is 3.10. The molecule has 0 aromatic heterocycles.